The van der Waals surface area contributed by atoms with Crippen molar-refractivity contribution in [1.82, 2.24) is 4.90 Å². The van der Waals surface area contributed by atoms with Crippen LogP contribution in [0.15, 0.2) is 27.5 Å². The van der Waals surface area contributed by atoms with Gasteiger partial charge in [0.05, 0.1) is 6.54 Å². The van der Waals surface area contributed by atoms with Crippen molar-refractivity contribution in [3.8, 4) is 0 Å². The smallest absolute Gasteiger partial charge is 0.410 e. The number of nitrogens with zero attached hydrogens (tertiary/aromatic N) is 1. The monoisotopic (exact) mass is 461 g/mol. The van der Waals surface area contributed by atoms with Crippen molar-refractivity contribution in [1.29, 1.82) is 0 Å². The maximum atomic E-state index is 12.5. The molecule has 31 heavy (non-hydrogen) atoms. The molecule has 6 heteroatoms. The summed E-state index contributed by atoms with van der Waals surface area (Å²) in [6.07, 6.45) is 0.535. The highest BCUT2D eigenvalue weighted by Gasteiger charge is 2.44. The number of ether oxygens (including phenoxy) is 1. The fourth-order valence-electron chi connectivity index (χ4n) is 5.18. The number of hydrogen-bond donors (Lipinski definition) is 0. The highest BCUT2D eigenvalue weighted by Crippen LogP contribution is 2.52. The molecule has 0 atom stereocenters. The summed E-state index contributed by atoms with van der Waals surface area (Å²) >= 11 is 2.15. The highest BCUT2D eigenvalue weighted by atomic mass is 32.4. The van der Waals surface area contributed by atoms with Gasteiger partial charge in [-0.1, -0.05) is 41.5 Å². The van der Waals surface area contributed by atoms with Crippen molar-refractivity contribution in [2.24, 2.45) is 0 Å². The molecule has 1 amide bonds. The van der Waals surface area contributed by atoms with Gasteiger partial charge >= 0.3 is 6.09 Å². The van der Waals surface area contributed by atoms with E-state index in [1.807, 2.05) is 20.8 Å². The lowest BCUT2D eigenvalue weighted by Crippen LogP contribution is -2.40. The zero-order valence-corrected chi connectivity index (χ0v) is 22.5. The molecule has 3 rings (SSSR count). The fourth-order valence-corrected chi connectivity index (χ4v) is 14.3. The molecule has 2 aromatic rings. The third-order valence-corrected chi connectivity index (χ3v) is 18.7. The zero-order valence-electron chi connectivity index (χ0n) is 20.7. The summed E-state index contributed by atoms with van der Waals surface area (Å²) in [4.78, 5) is 15.6. The van der Waals surface area contributed by atoms with E-state index in [0.29, 0.717) is 29.7 Å². The molecule has 1 aromatic carbocycles. The molecule has 0 aliphatic carbocycles. The minimum atomic E-state index is -1.60. The first-order valence-electron chi connectivity index (χ1n) is 11.6. The van der Waals surface area contributed by atoms with Crippen LogP contribution in [0.5, 0.6) is 0 Å². The molecule has 4 nitrogen and oxygen atoms in total. The Hall–Kier alpha value is -1.40. The average Bonchev–Trinajstić information content (AvgIpc) is 3.00. The number of furan rings is 1. The van der Waals surface area contributed by atoms with E-state index in [2.05, 4.69) is 71.0 Å². The molecule has 0 radical (unpaired) electrons. The SMILES string of the molecule is CC(C)[Si](Sc1ccc2oc3c(c2c1)CCN(C(=O)OC(C)(C)C)C3)(C(C)C)C(C)C. The van der Waals surface area contributed by atoms with Crippen molar-refractivity contribution in [2.45, 2.75) is 102 Å². The van der Waals surface area contributed by atoms with Crippen LogP contribution >= 0.6 is 11.2 Å². The second-order valence-electron chi connectivity index (χ2n) is 10.7. The van der Waals surface area contributed by atoms with Crippen molar-refractivity contribution in [3.63, 3.8) is 0 Å². The van der Waals surface area contributed by atoms with E-state index in [1.165, 1.54) is 15.8 Å². The number of carbonyl (C=O) groups is 1. The van der Waals surface area contributed by atoms with Gasteiger partial charge in [0.15, 0.2) is 0 Å². The Morgan fingerprint density at radius 3 is 2.26 bits per heavy atom. The first kappa shape index (κ1) is 24.2. The molecule has 0 spiro atoms. The van der Waals surface area contributed by atoms with Crippen LogP contribution in [0.1, 0.15) is 73.6 Å². The van der Waals surface area contributed by atoms with Gasteiger partial charge in [-0.2, -0.15) is 11.2 Å². The minimum Gasteiger partial charge on any atom is -0.459 e. The predicted molar refractivity (Wildman–Crippen MR) is 133 cm³/mol. The summed E-state index contributed by atoms with van der Waals surface area (Å²) in [5, 5.41) is 1.21. The average molecular weight is 462 g/mol. The lowest BCUT2D eigenvalue weighted by molar-refractivity contribution is 0.0210. The van der Waals surface area contributed by atoms with Crippen LogP contribution in [-0.2, 0) is 17.7 Å². The maximum absolute atomic E-state index is 12.5. The summed E-state index contributed by atoms with van der Waals surface area (Å²) in [5.41, 5.74) is 3.79. The van der Waals surface area contributed by atoms with Gasteiger partial charge in [0.1, 0.15) is 24.2 Å². The zero-order chi connectivity index (χ0) is 23.1. The third-order valence-electron chi connectivity index (χ3n) is 6.47. The van der Waals surface area contributed by atoms with E-state index in [-0.39, 0.29) is 6.09 Å². The molecule has 0 unspecified atom stereocenters. The Labute approximate surface area is 192 Å². The number of carbonyl (C=O) groups excluding carboxylic acids is 1. The van der Waals surface area contributed by atoms with Crippen LogP contribution in [0.2, 0.25) is 16.6 Å². The number of benzene rings is 1. The van der Waals surface area contributed by atoms with Gasteiger partial charge in [-0.05, 0) is 62.0 Å². The summed E-state index contributed by atoms with van der Waals surface area (Å²) in [5.74, 6) is 0.898. The summed E-state index contributed by atoms with van der Waals surface area (Å²) in [6, 6.07) is 6.68. The molecule has 0 saturated carbocycles. The molecule has 1 aliphatic heterocycles. The Kier molecular flexibility index (Phi) is 6.92. The molecule has 1 aromatic heterocycles. The fraction of sp³-hybridized carbons (Fsp3) is 0.640. The maximum Gasteiger partial charge on any atom is 0.410 e. The van der Waals surface area contributed by atoms with Crippen molar-refractivity contribution in [2.75, 3.05) is 6.54 Å². The molecule has 0 saturated heterocycles. The Morgan fingerprint density at radius 2 is 1.71 bits per heavy atom. The molecular weight excluding hydrogens is 422 g/mol. The van der Waals surface area contributed by atoms with Crippen LogP contribution in [0.25, 0.3) is 11.0 Å². The second-order valence-corrected chi connectivity index (χ2v) is 19.3. The van der Waals surface area contributed by atoms with Crippen LogP contribution in [-0.4, -0.2) is 30.4 Å². The highest BCUT2D eigenvalue weighted by molar-refractivity contribution is 8.29. The summed E-state index contributed by atoms with van der Waals surface area (Å²) in [7, 11) is -1.60. The first-order chi connectivity index (χ1) is 14.3. The summed E-state index contributed by atoms with van der Waals surface area (Å²) in [6.45, 7) is 21.3. The van der Waals surface area contributed by atoms with E-state index in [4.69, 9.17) is 9.15 Å². The second kappa shape index (κ2) is 8.85. The van der Waals surface area contributed by atoms with Crippen molar-refractivity contribution in [3.05, 3.63) is 29.5 Å². The molecule has 1 aliphatic rings. The largest absolute Gasteiger partial charge is 0.459 e. The molecule has 0 N–H and O–H groups in total. The van der Waals surface area contributed by atoms with E-state index < -0.39 is 12.8 Å². The quantitative estimate of drug-likeness (QED) is 0.423. The summed E-state index contributed by atoms with van der Waals surface area (Å²) < 4.78 is 11.7. The van der Waals surface area contributed by atoms with Crippen LogP contribution in [0.3, 0.4) is 0 Å². The Balaban J connectivity index is 1.90. The topological polar surface area (TPSA) is 42.7 Å². The van der Waals surface area contributed by atoms with Gasteiger partial charge in [-0.25, -0.2) is 4.79 Å². The van der Waals surface area contributed by atoms with Gasteiger partial charge < -0.3 is 14.1 Å². The molecule has 2 heterocycles. The third kappa shape index (κ3) is 4.85. The normalized spacial score (nSPS) is 15.3. The van der Waals surface area contributed by atoms with Gasteiger partial charge in [-0.15, -0.1) is 0 Å². The molecule has 172 valence electrons. The molecule has 0 fully saturated rings. The lowest BCUT2D eigenvalue weighted by atomic mass is 10.0. The van der Waals surface area contributed by atoms with Gasteiger partial charge in [0.2, 0.25) is 0 Å². The van der Waals surface area contributed by atoms with Crippen molar-refractivity contribution >= 4 is 35.5 Å². The number of amides is 1. The van der Waals surface area contributed by atoms with Gasteiger partial charge in [0.25, 0.3) is 0 Å². The van der Waals surface area contributed by atoms with Gasteiger partial charge in [0, 0.05) is 22.4 Å². The molecule has 0 bridgehead atoms. The first-order valence-corrected chi connectivity index (χ1v) is 15.3. The van der Waals surface area contributed by atoms with Crippen LogP contribution < -0.4 is 0 Å². The van der Waals surface area contributed by atoms with Crippen LogP contribution in [0, 0.1) is 0 Å². The standard InChI is InChI=1S/C25H39NO3SSi/c1-16(2)31(17(3)4,18(5)6)30-19-10-11-22-21(14-19)20-12-13-26(15-23(20)28-22)24(27)29-25(7,8)9/h10-11,14,16-18H,12-13,15H2,1-9H3. The number of hydrogen-bond acceptors (Lipinski definition) is 4. The Bertz CT molecular complexity index is 920. The van der Waals surface area contributed by atoms with E-state index in [0.717, 1.165) is 17.8 Å². The van der Waals surface area contributed by atoms with E-state index >= 15 is 0 Å². The number of rotatable bonds is 5. The predicted octanol–water partition coefficient (Wildman–Crippen LogP) is 7.99. The Morgan fingerprint density at radius 1 is 1.10 bits per heavy atom. The molecular formula is C25H39NO3SSi. The van der Waals surface area contributed by atoms with E-state index in [1.54, 1.807) is 4.90 Å². The van der Waals surface area contributed by atoms with Crippen molar-refractivity contribution < 1.29 is 13.9 Å². The van der Waals surface area contributed by atoms with Crippen LogP contribution in [0.4, 0.5) is 4.79 Å². The van der Waals surface area contributed by atoms with E-state index in [9.17, 15) is 4.79 Å². The van der Waals surface area contributed by atoms with Gasteiger partial charge in [-0.3, -0.25) is 0 Å². The minimum absolute atomic E-state index is 0.267. The number of fused-ring (bicyclic) bond motifs is 3. The lowest BCUT2D eigenvalue weighted by Gasteiger charge is -2.42.